The number of hydrogen-bond acceptors (Lipinski definition) is 1. The van der Waals surface area contributed by atoms with Crippen LogP contribution in [0.25, 0.3) is 0 Å². The van der Waals surface area contributed by atoms with Crippen molar-refractivity contribution < 1.29 is 4.79 Å². The summed E-state index contributed by atoms with van der Waals surface area (Å²) in [5.74, 6) is 3.68. The van der Waals surface area contributed by atoms with Crippen molar-refractivity contribution in [3.05, 3.63) is 23.8 Å². The molecule has 6 atom stereocenters. The fourth-order valence-corrected chi connectivity index (χ4v) is 6.46. The van der Waals surface area contributed by atoms with Crippen LogP contribution >= 0.6 is 0 Å². The van der Waals surface area contributed by atoms with Gasteiger partial charge in [0.2, 0.25) is 0 Å². The molecule has 0 aromatic carbocycles. The van der Waals surface area contributed by atoms with Crippen LogP contribution in [0.2, 0.25) is 0 Å². The topological polar surface area (TPSA) is 17.1 Å². The quantitative estimate of drug-likeness (QED) is 0.616. The second-order valence-electron chi connectivity index (χ2n) is 8.63. The SMILES string of the molecule is CC1CC[C@H]2[C@@H]3CCC4=CC(=O)C=C[C@]4(C)[C@H]3CC[C@]12C. The van der Waals surface area contributed by atoms with Crippen molar-refractivity contribution in [1.82, 2.24) is 0 Å². The van der Waals surface area contributed by atoms with Crippen LogP contribution in [0.1, 0.15) is 59.3 Å². The van der Waals surface area contributed by atoms with Gasteiger partial charge in [-0.3, -0.25) is 4.79 Å². The van der Waals surface area contributed by atoms with Crippen LogP contribution in [-0.2, 0) is 4.79 Å². The van der Waals surface area contributed by atoms with Crippen LogP contribution in [0.15, 0.2) is 23.8 Å². The van der Waals surface area contributed by atoms with Crippen molar-refractivity contribution in [2.24, 2.45) is 34.5 Å². The summed E-state index contributed by atoms with van der Waals surface area (Å²) >= 11 is 0. The maximum Gasteiger partial charge on any atom is 0.178 e. The normalized spacial score (nSPS) is 52.0. The molecule has 0 spiro atoms. The molecule has 0 heterocycles. The van der Waals surface area contributed by atoms with Gasteiger partial charge in [-0.25, -0.2) is 0 Å². The zero-order valence-electron chi connectivity index (χ0n) is 13.7. The Morgan fingerprint density at radius 2 is 1.90 bits per heavy atom. The maximum atomic E-state index is 11.7. The number of allylic oxidation sites excluding steroid dienone is 4. The van der Waals surface area contributed by atoms with Crippen LogP contribution in [0.5, 0.6) is 0 Å². The predicted molar refractivity (Wildman–Crippen MR) is 85.8 cm³/mol. The minimum Gasteiger partial charge on any atom is -0.290 e. The molecule has 21 heavy (non-hydrogen) atoms. The minimum atomic E-state index is 0.171. The summed E-state index contributed by atoms with van der Waals surface area (Å²) < 4.78 is 0. The maximum absolute atomic E-state index is 11.7. The van der Waals surface area contributed by atoms with Gasteiger partial charge in [-0.05, 0) is 79.8 Å². The molecule has 0 aliphatic heterocycles. The zero-order valence-corrected chi connectivity index (χ0v) is 13.7. The van der Waals surface area contributed by atoms with E-state index in [0.29, 0.717) is 5.41 Å². The van der Waals surface area contributed by atoms with Crippen molar-refractivity contribution in [3.63, 3.8) is 0 Å². The summed E-state index contributed by atoms with van der Waals surface area (Å²) in [4.78, 5) is 11.7. The lowest BCUT2D eigenvalue weighted by Crippen LogP contribution is -2.49. The number of fused-ring (bicyclic) bond motifs is 5. The van der Waals surface area contributed by atoms with E-state index in [1.807, 2.05) is 12.2 Å². The van der Waals surface area contributed by atoms with Gasteiger partial charge in [-0.15, -0.1) is 0 Å². The first-order chi connectivity index (χ1) is 9.95. The first-order valence-electron chi connectivity index (χ1n) is 8.89. The Hall–Kier alpha value is -0.850. The third kappa shape index (κ3) is 1.72. The van der Waals surface area contributed by atoms with E-state index in [9.17, 15) is 4.79 Å². The molecule has 3 saturated carbocycles. The van der Waals surface area contributed by atoms with Gasteiger partial charge in [0, 0.05) is 5.41 Å². The van der Waals surface area contributed by atoms with Crippen molar-refractivity contribution in [1.29, 1.82) is 0 Å². The molecular weight excluding hydrogens is 256 g/mol. The standard InChI is InChI=1S/C20H28O/c1-13-4-7-17-16-6-5-14-12-15(21)8-10-20(14,3)18(16)9-11-19(13,17)2/h8,10,12-13,16-18H,4-7,9,11H2,1-3H3/t13?,16-,17-,18-,19+,20-/m0/s1. The Balaban J connectivity index is 1.70. The minimum absolute atomic E-state index is 0.171. The predicted octanol–water partition coefficient (Wildman–Crippen LogP) is 4.93. The summed E-state index contributed by atoms with van der Waals surface area (Å²) in [6, 6.07) is 0. The van der Waals surface area contributed by atoms with Crippen molar-refractivity contribution in [3.8, 4) is 0 Å². The summed E-state index contributed by atoms with van der Waals surface area (Å²) in [6.07, 6.45) is 14.1. The molecule has 4 rings (SSSR count). The number of hydrogen-bond donors (Lipinski definition) is 0. The number of carbonyl (C=O) groups is 1. The van der Waals surface area contributed by atoms with E-state index in [1.165, 1.54) is 37.7 Å². The summed E-state index contributed by atoms with van der Waals surface area (Å²) in [7, 11) is 0. The average Bonchev–Trinajstić information content (AvgIpc) is 2.76. The molecule has 114 valence electrons. The lowest BCUT2D eigenvalue weighted by atomic mass is 9.48. The van der Waals surface area contributed by atoms with Crippen LogP contribution in [0, 0.1) is 34.5 Å². The highest BCUT2D eigenvalue weighted by molar-refractivity contribution is 6.01. The molecule has 0 saturated heterocycles. The van der Waals surface area contributed by atoms with Crippen molar-refractivity contribution in [2.75, 3.05) is 0 Å². The van der Waals surface area contributed by atoms with Crippen molar-refractivity contribution in [2.45, 2.75) is 59.3 Å². The molecule has 4 aliphatic rings. The van der Waals surface area contributed by atoms with Gasteiger partial charge in [-0.1, -0.05) is 32.4 Å². The molecule has 1 nitrogen and oxygen atoms in total. The fourth-order valence-electron chi connectivity index (χ4n) is 6.46. The Bertz CT molecular complexity index is 542. The second-order valence-corrected chi connectivity index (χ2v) is 8.63. The van der Waals surface area contributed by atoms with E-state index in [1.54, 1.807) is 0 Å². The molecule has 0 radical (unpaired) electrons. The molecule has 0 N–H and O–H groups in total. The highest BCUT2D eigenvalue weighted by Gasteiger charge is 2.57. The largest absolute Gasteiger partial charge is 0.290 e. The van der Waals surface area contributed by atoms with E-state index in [0.717, 1.165) is 30.1 Å². The molecule has 3 fully saturated rings. The van der Waals surface area contributed by atoms with Crippen LogP contribution in [0.3, 0.4) is 0 Å². The molecular formula is C20H28O. The average molecular weight is 284 g/mol. The third-order valence-electron chi connectivity index (χ3n) is 8.03. The van der Waals surface area contributed by atoms with Gasteiger partial charge in [0.05, 0.1) is 0 Å². The molecule has 0 aromatic rings. The molecule has 1 unspecified atom stereocenters. The highest BCUT2D eigenvalue weighted by atomic mass is 16.1. The first kappa shape index (κ1) is 13.8. The Morgan fingerprint density at radius 1 is 1.10 bits per heavy atom. The smallest absolute Gasteiger partial charge is 0.178 e. The lowest BCUT2D eigenvalue weighted by Gasteiger charge is -2.57. The Morgan fingerprint density at radius 3 is 2.71 bits per heavy atom. The molecule has 0 aromatic heterocycles. The van der Waals surface area contributed by atoms with Gasteiger partial charge >= 0.3 is 0 Å². The van der Waals surface area contributed by atoms with Gasteiger partial charge in [0.1, 0.15) is 0 Å². The summed E-state index contributed by atoms with van der Waals surface area (Å²) in [6.45, 7) is 7.45. The van der Waals surface area contributed by atoms with Gasteiger partial charge in [0.15, 0.2) is 5.78 Å². The molecule has 4 aliphatic carbocycles. The third-order valence-corrected chi connectivity index (χ3v) is 8.03. The number of rotatable bonds is 0. The van der Waals surface area contributed by atoms with E-state index >= 15 is 0 Å². The molecule has 0 bridgehead atoms. The van der Waals surface area contributed by atoms with Crippen LogP contribution in [0.4, 0.5) is 0 Å². The van der Waals surface area contributed by atoms with E-state index in [2.05, 4.69) is 26.8 Å². The van der Waals surface area contributed by atoms with E-state index in [-0.39, 0.29) is 11.2 Å². The summed E-state index contributed by atoms with van der Waals surface area (Å²) in [5, 5.41) is 0. The zero-order chi connectivity index (χ0) is 14.8. The van der Waals surface area contributed by atoms with Crippen LogP contribution < -0.4 is 0 Å². The molecule has 0 amide bonds. The number of carbonyl (C=O) groups excluding carboxylic acids is 1. The number of ketones is 1. The van der Waals surface area contributed by atoms with Gasteiger partial charge in [-0.2, -0.15) is 0 Å². The van der Waals surface area contributed by atoms with E-state index < -0.39 is 0 Å². The lowest BCUT2D eigenvalue weighted by molar-refractivity contribution is -0.111. The van der Waals surface area contributed by atoms with Crippen LogP contribution in [-0.4, -0.2) is 5.78 Å². The Kier molecular flexibility index (Phi) is 2.85. The fraction of sp³-hybridized carbons (Fsp3) is 0.750. The highest BCUT2D eigenvalue weighted by Crippen LogP contribution is 2.65. The molecule has 1 heteroatoms. The first-order valence-corrected chi connectivity index (χ1v) is 8.89. The second kappa shape index (κ2) is 4.33. The van der Waals surface area contributed by atoms with Gasteiger partial charge in [0.25, 0.3) is 0 Å². The summed E-state index contributed by atoms with van der Waals surface area (Å²) in [5.41, 5.74) is 2.18. The van der Waals surface area contributed by atoms with Crippen molar-refractivity contribution >= 4 is 5.78 Å². The Labute approximate surface area is 128 Å². The van der Waals surface area contributed by atoms with Gasteiger partial charge < -0.3 is 0 Å². The van der Waals surface area contributed by atoms with E-state index in [4.69, 9.17) is 0 Å². The monoisotopic (exact) mass is 284 g/mol.